The van der Waals surface area contributed by atoms with E-state index in [0.717, 1.165) is 29.9 Å². The molecule has 0 aliphatic carbocycles. The van der Waals surface area contributed by atoms with Gasteiger partial charge >= 0.3 is 0 Å². The first-order chi connectivity index (χ1) is 11.0. The van der Waals surface area contributed by atoms with Crippen LogP contribution in [0.5, 0.6) is 5.75 Å². The first kappa shape index (κ1) is 15.5. The molecule has 2 N–H and O–H groups in total. The summed E-state index contributed by atoms with van der Waals surface area (Å²) in [7, 11) is 0. The topological polar surface area (TPSA) is 53.8 Å². The normalized spacial score (nSPS) is 10.9. The Bertz CT molecular complexity index is 878. The van der Waals surface area contributed by atoms with Crippen molar-refractivity contribution in [1.29, 1.82) is 0 Å². The van der Waals surface area contributed by atoms with E-state index in [0.29, 0.717) is 4.77 Å². The van der Waals surface area contributed by atoms with Crippen molar-refractivity contribution < 1.29 is 5.11 Å². The van der Waals surface area contributed by atoms with Crippen molar-refractivity contribution in [2.24, 2.45) is 0 Å². The van der Waals surface area contributed by atoms with E-state index in [9.17, 15) is 5.11 Å². The molecule has 1 aromatic heterocycles. The van der Waals surface area contributed by atoms with Gasteiger partial charge < -0.3 is 5.11 Å². The maximum atomic E-state index is 9.36. The summed E-state index contributed by atoms with van der Waals surface area (Å²) < 4.78 is 2.61. The molecule has 0 bridgehead atoms. The molecule has 0 aliphatic heterocycles. The summed E-state index contributed by atoms with van der Waals surface area (Å²) in [6.45, 7) is 4.16. The smallest absolute Gasteiger partial charge is 0.199 e. The van der Waals surface area contributed by atoms with Crippen molar-refractivity contribution in [3.63, 3.8) is 0 Å². The van der Waals surface area contributed by atoms with E-state index in [4.69, 9.17) is 12.2 Å². The largest absolute Gasteiger partial charge is 0.508 e. The SMILES string of the molecule is Cc1ccc(-n2c(CCc3ccc(O)cc3)n[nH]c2=S)c(C)c1. The number of aryl methyl sites for hydroxylation is 4. The van der Waals surface area contributed by atoms with Gasteiger partial charge in [-0.15, -0.1) is 0 Å². The molecule has 1 heterocycles. The van der Waals surface area contributed by atoms with E-state index >= 15 is 0 Å². The van der Waals surface area contributed by atoms with Gasteiger partial charge in [-0.2, -0.15) is 5.10 Å². The van der Waals surface area contributed by atoms with Crippen molar-refractivity contribution in [1.82, 2.24) is 14.8 Å². The minimum atomic E-state index is 0.284. The van der Waals surface area contributed by atoms with Crippen LogP contribution in [-0.2, 0) is 12.8 Å². The number of hydrogen-bond donors (Lipinski definition) is 2. The van der Waals surface area contributed by atoms with Crippen LogP contribution in [0.3, 0.4) is 0 Å². The fourth-order valence-corrected chi connectivity index (χ4v) is 2.97. The zero-order chi connectivity index (χ0) is 16.4. The number of aromatic amines is 1. The van der Waals surface area contributed by atoms with Crippen molar-refractivity contribution in [2.75, 3.05) is 0 Å². The van der Waals surface area contributed by atoms with Crippen molar-refractivity contribution >= 4 is 12.2 Å². The quantitative estimate of drug-likeness (QED) is 0.712. The van der Waals surface area contributed by atoms with Gasteiger partial charge in [0.1, 0.15) is 11.6 Å². The summed E-state index contributed by atoms with van der Waals surface area (Å²) in [5.41, 5.74) is 4.62. The van der Waals surface area contributed by atoms with Crippen LogP contribution in [0, 0.1) is 18.6 Å². The molecule has 118 valence electrons. The zero-order valence-corrected chi connectivity index (χ0v) is 14.0. The molecule has 23 heavy (non-hydrogen) atoms. The number of phenols is 1. The molecule has 0 aliphatic rings. The highest BCUT2D eigenvalue weighted by atomic mass is 32.1. The summed E-state index contributed by atoms with van der Waals surface area (Å²) in [6, 6.07) is 13.6. The van der Waals surface area contributed by atoms with Crippen LogP contribution in [0.25, 0.3) is 5.69 Å². The molecule has 0 fully saturated rings. The first-order valence-electron chi connectivity index (χ1n) is 7.56. The van der Waals surface area contributed by atoms with Gasteiger partial charge in [-0.3, -0.25) is 9.67 Å². The number of aromatic hydroxyl groups is 1. The lowest BCUT2D eigenvalue weighted by Crippen LogP contribution is -2.05. The number of benzene rings is 2. The van der Waals surface area contributed by atoms with Crippen LogP contribution in [-0.4, -0.2) is 19.9 Å². The number of nitrogens with zero attached hydrogens (tertiary/aromatic N) is 2. The molecule has 0 saturated heterocycles. The minimum Gasteiger partial charge on any atom is -0.508 e. The fourth-order valence-electron chi connectivity index (χ4n) is 2.72. The van der Waals surface area contributed by atoms with Crippen LogP contribution < -0.4 is 0 Å². The number of aromatic nitrogens is 3. The zero-order valence-electron chi connectivity index (χ0n) is 13.2. The predicted octanol–water partition coefficient (Wildman–Crippen LogP) is 4.04. The number of rotatable bonds is 4. The Morgan fingerprint density at radius 2 is 1.83 bits per heavy atom. The van der Waals surface area contributed by atoms with Gasteiger partial charge in [-0.1, -0.05) is 29.8 Å². The highest BCUT2D eigenvalue weighted by Crippen LogP contribution is 2.19. The second-order valence-electron chi connectivity index (χ2n) is 5.74. The Morgan fingerprint density at radius 3 is 2.52 bits per heavy atom. The number of hydrogen-bond acceptors (Lipinski definition) is 3. The van der Waals surface area contributed by atoms with E-state index in [1.54, 1.807) is 12.1 Å². The van der Waals surface area contributed by atoms with Crippen molar-refractivity contribution in [3.8, 4) is 11.4 Å². The average Bonchev–Trinajstić information content (AvgIpc) is 2.88. The van der Waals surface area contributed by atoms with Gasteiger partial charge in [-0.05, 0) is 61.8 Å². The second-order valence-corrected chi connectivity index (χ2v) is 6.12. The van der Waals surface area contributed by atoms with Gasteiger partial charge in [0.2, 0.25) is 0 Å². The molecule has 3 rings (SSSR count). The highest BCUT2D eigenvalue weighted by molar-refractivity contribution is 7.71. The van der Waals surface area contributed by atoms with Crippen LogP contribution >= 0.6 is 12.2 Å². The highest BCUT2D eigenvalue weighted by Gasteiger charge is 2.10. The van der Waals surface area contributed by atoms with Crippen molar-refractivity contribution in [3.05, 3.63) is 69.8 Å². The molecule has 0 spiro atoms. The number of nitrogens with one attached hydrogen (secondary N) is 1. The minimum absolute atomic E-state index is 0.284. The fraction of sp³-hybridized carbons (Fsp3) is 0.222. The molecule has 3 aromatic rings. The summed E-state index contributed by atoms with van der Waals surface area (Å²) in [6.07, 6.45) is 1.61. The van der Waals surface area contributed by atoms with E-state index in [1.165, 1.54) is 11.1 Å². The Morgan fingerprint density at radius 1 is 1.09 bits per heavy atom. The van der Waals surface area contributed by atoms with E-state index in [1.807, 2.05) is 16.7 Å². The van der Waals surface area contributed by atoms with Crippen molar-refractivity contribution in [2.45, 2.75) is 26.7 Å². The van der Waals surface area contributed by atoms with Crippen LogP contribution in [0.15, 0.2) is 42.5 Å². The molecular formula is C18H19N3OS. The van der Waals surface area contributed by atoms with Gasteiger partial charge in [0.15, 0.2) is 4.77 Å². The monoisotopic (exact) mass is 325 g/mol. The van der Waals surface area contributed by atoms with Crippen LogP contribution in [0.4, 0.5) is 0 Å². The number of H-pyrrole nitrogens is 1. The number of phenolic OH excluding ortho intramolecular Hbond substituents is 1. The molecule has 0 atom stereocenters. The standard InChI is InChI=1S/C18H19N3OS/c1-12-3-9-16(13(2)11-12)21-17(19-20-18(21)23)10-6-14-4-7-15(22)8-5-14/h3-5,7-9,11,22H,6,10H2,1-2H3,(H,20,23). The third-order valence-electron chi connectivity index (χ3n) is 3.91. The lowest BCUT2D eigenvalue weighted by molar-refractivity contribution is 0.475. The Hall–Kier alpha value is -2.40. The third kappa shape index (κ3) is 3.35. The summed E-state index contributed by atoms with van der Waals surface area (Å²) >= 11 is 5.41. The molecule has 0 unspecified atom stereocenters. The first-order valence-corrected chi connectivity index (χ1v) is 7.97. The van der Waals surface area contributed by atoms with Crippen LogP contribution in [0.2, 0.25) is 0 Å². The Kier molecular flexibility index (Phi) is 4.30. The van der Waals surface area contributed by atoms with Gasteiger partial charge in [0.05, 0.1) is 5.69 Å². The van der Waals surface area contributed by atoms with E-state index in [2.05, 4.69) is 42.2 Å². The van der Waals surface area contributed by atoms with E-state index < -0.39 is 0 Å². The lowest BCUT2D eigenvalue weighted by Gasteiger charge is -2.11. The maximum Gasteiger partial charge on any atom is 0.199 e. The predicted molar refractivity (Wildman–Crippen MR) is 93.7 cm³/mol. The molecule has 0 amide bonds. The Balaban J connectivity index is 1.89. The second kappa shape index (κ2) is 6.38. The van der Waals surface area contributed by atoms with Gasteiger partial charge in [0.25, 0.3) is 0 Å². The Labute approximate surface area is 140 Å². The molecule has 4 nitrogen and oxygen atoms in total. The van der Waals surface area contributed by atoms with E-state index in [-0.39, 0.29) is 5.75 Å². The summed E-state index contributed by atoms with van der Waals surface area (Å²) in [5.74, 6) is 1.20. The molecule has 0 radical (unpaired) electrons. The molecule has 5 heteroatoms. The molecule has 2 aromatic carbocycles. The molecule has 0 saturated carbocycles. The summed E-state index contributed by atoms with van der Waals surface area (Å²) in [5, 5.41) is 16.6. The third-order valence-corrected chi connectivity index (χ3v) is 4.18. The van der Waals surface area contributed by atoms with Gasteiger partial charge in [0, 0.05) is 6.42 Å². The average molecular weight is 325 g/mol. The maximum absolute atomic E-state index is 9.36. The summed E-state index contributed by atoms with van der Waals surface area (Å²) in [4.78, 5) is 0. The van der Waals surface area contributed by atoms with Gasteiger partial charge in [-0.25, -0.2) is 0 Å². The molecular weight excluding hydrogens is 306 g/mol. The van der Waals surface area contributed by atoms with Crippen LogP contribution in [0.1, 0.15) is 22.5 Å². The lowest BCUT2D eigenvalue weighted by atomic mass is 10.1.